The van der Waals surface area contributed by atoms with Gasteiger partial charge in [-0.25, -0.2) is 9.97 Å². The van der Waals surface area contributed by atoms with Crippen LogP contribution in [0, 0.1) is 0 Å². The predicted molar refractivity (Wildman–Crippen MR) is 71.1 cm³/mol. The van der Waals surface area contributed by atoms with Crippen molar-refractivity contribution in [2.75, 3.05) is 13.2 Å². The molecule has 0 saturated heterocycles. The van der Waals surface area contributed by atoms with Crippen molar-refractivity contribution in [3.05, 3.63) is 36.3 Å². The average Bonchev–Trinajstić information content (AvgIpc) is 2.47. The summed E-state index contributed by atoms with van der Waals surface area (Å²) >= 11 is 0. The van der Waals surface area contributed by atoms with Crippen molar-refractivity contribution in [3.8, 4) is 22.8 Å². The third-order valence-electron chi connectivity index (χ3n) is 2.92. The van der Waals surface area contributed by atoms with Gasteiger partial charge in [-0.2, -0.15) is 0 Å². The van der Waals surface area contributed by atoms with Crippen molar-refractivity contribution in [2.24, 2.45) is 5.73 Å². The number of fused-ring (bicyclic) bond motifs is 1. The molecule has 0 spiro atoms. The summed E-state index contributed by atoms with van der Waals surface area (Å²) in [5.41, 5.74) is 7.60. The number of hydrogen-bond donors (Lipinski definition) is 1. The first-order valence-corrected chi connectivity index (χ1v) is 6.22. The van der Waals surface area contributed by atoms with E-state index in [4.69, 9.17) is 15.2 Å². The molecule has 0 fully saturated rings. The monoisotopic (exact) mass is 257 g/mol. The Labute approximate surface area is 111 Å². The molecule has 0 bridgehead atoms. The van der Waals surface area contributed by atoms with Crippen molar-refractivity contribution in [2.45, 2.75) is 13.0 Å². The maximum atomic E-state index is 5.80. The van der Waals surface area contributed by atoms with Gasteiger partial charge in [0.2, 0.25) is 0 Å². The van der Waals surface area contributed by atoms with Crippen LogP contribution in [0.5, 0.6) is 11.5 Å². The summed E-state index contributed by atoms with van der Waals surface area (Å²) in [4.78, 5) is 8.62. The Kier molecular flexibility index (Phi) is 3.05. The SMILES string of the molecule is CC(N)c1nccc(-c2ccc3c(c2)OCCO3)n1. The van der Waals surface area contributed by atoms with Gasteiger partial charge in [0.25, 0.3) is 0 Å². The minimum atomic E-state index is -0.183. The fourth-order valence-corrected chi connectivity index (χ4v) is 1.96. The van der Waals surface area contributed by atoms with Crippen molar-refractivity contribution in [3.63, 3.8) is 0 Å². The van der Waals surface area contributed by atoms with Crippen LogP contribution in [-0.2, 0) is 0 Å². The van der Waals surface area contributed by atoms with Gasteiger partial charge in [0.1, 0.15) is 19.0 Å². The highest BCUT2D eigenvalue weighted by Crippen LogP contribution is 2.33. The first kappa shape index (κ1) is 11.9. The molecular weight excluding hydrogens is 242 g/mol. The molecule has 0 aliphatic carbocycles. The first-order chi connectivity index (χ1) is 9.24. The molecule has 19 heavy (non-hydrogen) atoms. The summed E-state index contributed by atoms with van der Waals surface area (Å²) < 4.78 is 11.1. The number of rotatable bonds is 2. The molecule has 0 amide bonds. The van der Waals surface area contributed by atoms with E-state index in [-0.39, 0.29) is 6.04 Å². The van der Waals surface area contributed by atoms with Crippen LogP contribution in [0.4, 0.5) is 0 Å². The van der Waals surface area contributed by atoms with Crippen LogP contribution in [0.3, 0.4) is 0 Å². The van der Waals surface area contributed by atoms with E-state index in [1.807, 2.05) is 31.2 Å². The van der Waals surface area contributed by atoms with Crippen molar-refractivity contribution in [1.29, 1.82) is 0 Å². The minimum Gasteiger partial charge on any atom is -0.486 e. The van der Waals surface area contributed by atoms with Gasteiger partial charge in [0, 0.05) is 11.8 Å². The molecular formula is C14H15N3O2. The maximum absolute atomic E-state index is 5.80. The molecule has 1 aliphatic heterocycles. The Hall–Kier alpha value is -2.14. The molecule has 3 rings (SSSR count). The van der Waals surface area contributed by atoms with Crippen LogP contribution in [0.2, 0.25) is 0 Å². The standard InChI is InChI=1S/C14H15N3O2/c1-9(15)14-16-5-4-11(17-14)10-2-3-12-13(8-10)19-7-6-18-12/h2-5,8-9H,6-7,15H2,1H3. The first-order valence-electron chi connectivity index (χ1n) is 6.22. The zero-order chi connectivity index (χ0) is 13.2. The van der Waals surface area contributed by atoms with E-state index in [2.05, 4.69) is 9.97 Å². The van der Waals surface area contributed by atoms with Gasteiger partial charge in [-0.3, -0.25) is 0 Å². The third-order valence-corrected chi connectivity index (χ3v) is 2.92. The second kappa shape index (κ2) is 4.85. The van der Waals surface area contributed by atoms with E-state index in [1.54, 1.807) is 6.20 Å². The van der Waals surface area contributed by atoms with E-state index in [9.17, 15) is 0 Å². The molecule has 2 N–H and O–H groups in total. The van der Waals surface area contributed by atoms with Gasteiger partial charge in [0.05, 0.1) is 11.7 Å². The summed E-state index contributed by atoms with van der Waals surface area (Å²) in [5, 5.41) is 0. The largest absolute Gasteiger partial charge is 0.486 e. The van der Waals surface area contributed by atoms with E-state index in [0.29, 0.717) is 19.0 Å². The number of ether oxygens (including phenoxy) is 2. The van der Waals surface area contributed by atoms with E-state index in [1.165, 1.54) is 0 Å². The van der Waals surface area contributed by atoms with Gasteiger partial charge in [-0.1, -0.05) is 0 Å². The molecule has 5 nitrogen and oxygen atoms in total. The number of aromatic nitrogens is 2. The molecule has 1 aliphatic rings. The lowest BCUT2D eigenvalue weighted by Gasteiger charge is -2.18. The van der Waals surface area contributed by atoms with Gasteiger partial charge in [-0.15, -0.1) is 0 Å². The van der Waals surface area contributed by atoms with Gasteiger partial charge >= 0.3 is 0 Å². The highest BCUT2D eigenvalue weighted by atomic mass is 16.6. The van der Waals surface area contributed by atoms with E-state index in [0.717, 1.165) is 22.8 Å². The van der Waals surface area contributed by atoms with Gasteiger partial charge in [0.15, 0.2) is 11.5 Å². The maximum Gasteiger partial charge on any atom is 0.162 e. The van der Waals surface area contributed by atoms with E-state index < -0.39 is 0 Å². The Bertz CT molecular complexity index is 599. The van der Waals surface area contributed by atoms with E-state index >= 15 is 0 Å². The number of nitrogens with zero attached hydrogens (tertiary/aromatic N) is 2. The normalized spacial score (nSPS) is 15.1. The lowest BCUT2D eigenvalue weighted by Crippen LogP contribution is -2.15. The van der Waals surface area contributed by atoms with Crippen LogP contribution in [0.25, 0.3) is 11.3 Å². The quantitative estimate of drug-likeness (QED) is 0.890. The second-order valence-electron chi connectivity index (χ2n) is 4.45. The third kappa shape index (κ3) is 2.37. The molecule has 2 heterocycles. The lowest BCUT2D eigenvalue weighted by molar-refractivity contribution is 0.171. The predicted octanol–water partition coefficient (Wildman–Crippen LogP) is 1.93. The fourth-order valence-electron chi connectivity index (χ4n) is 1.96. The zero-order valence-corrected chi connectivity index (χ0v) is 10.7. The van der Waals surface area contributed by atoms with Crippen LogP contribution in [-0.4, -0.2) is 23.2 Å². The van der Waals surface area contributed by atoms with Crippen LogP contribution >= 0.6 is 0 Å². The Morgan fingerprint density at radius 3 is 2.74 bits per heavy atom. The molecule has 1 aromatic carbocycles. The van der Waals surface area contributed by atoms with Crippen molar-refractivity contribution in [1.82, 2.24) is 9.97 Å². The van der Waals surface area contributed by atoms with Crippen molar-refractivity contribution < 1.29 is 9.47 Å². The highest BCUT2D eigenvalue weighted by molar-refractivity contribution is 5.63. The Morgan fingerprint density at radius 1 is 1.16 bits per heavy atom. The molecule has 5 heteroatoms. The fraction of sp³-hybridized carbons (Fsp3) is 0.286. The summed E-state index contributed by atoms with van der Waals surface area (Å²) in [5.74, 6) is 2.16. The molecule has 98 valence electrons. The summed E-state index contributed by atoms with van der Waals surface area (Å²) in [6.45, 7) is 3.03. The van der Waals surface area contributed by atoms with Crippen LogP contribution in [0.15, 0.2) is 30.5 Å². The zero-order valence-electron chi connectivity index (χ0n) is 10.7. The molecule has 1 atom stereocenters. The number of nitrogens with two attached hydrogens (primary N) is 1. The summed E-state index contributed by atoms with van der Waals surface area (Å²) in [7, 11) is 0. The Morgan fingerprint density at radius 2 is 1.95 bits per heavy atom. The lowest BCUT2D eigenvalue weighted by atomic mass is 10.1. The van der Waals surface area contributed by atoms with Crippen LogP contribution < -0.4 is 15.2 Å². The summed E-state index contributed by atoms with van der Waals surface area (Å²) in [6.07, 6.45) is 1.72. The van der Waals surface area contributed by atoms with Gasteiger partial charge in [-0.05, 0) is 31.2 Å². The average molecular weight is 257 g/mol. The molecule has 0 radical (unpaired) electrons. The topological polar surface area (TPSA) is 70.3 Å². The Balaban J connectivity index is 2.00. The summed E-state index contributed by atoms with van der Waals surface area (Å²) in [6, 6.07) is 7.47. The molecule has 2 aromatic rings. The second-order valence-corrected chi connectivity index (χ2v) is 4.45. The van der Waals surface area contributed by atoms with Crippen molar-refractivity contribution >= 4 is 0 Å². The molecule has 1 unspecified atom stereocenters. The van der Waals surface area contributed by atoms with Gasteiger partial charge < -0.3 is 15.2 Å². The minimum absolute atomic E-state index is 0.183. The highest BCUT2D eigenvalue weighted by Gasteiger charge is 2.13. The molecule has 0 saturated carbocycles. The number of benzene rings is 1. The molecule has 1 aromatic heterocycles. The number of hydrogen-bond acceptors (Lipinski definition) is 5. The smallest absolute Gasteiger partial charge is 0.162 e. The van der Waals surface area contributed by atoms with Crippen LogP contribution in [0.1, 0.15) is 18.8 Å².